The van der Waals surface area contributed by atoms with Crippen molar-refractivity contribution >= 4 is 55.7 Å². The number of anilines is 1. The fourth-order valence-electron chi connectivity index (χ4n) is 2.74. The molecule has 0 aliphatic carbocycles. The third-order valence-electron chi connectivity index (χ3n) is 4.05. The van der Waals surface area contributed by atoms with E-state index in [2.05, 4.69) is 40.0 Å². The molecule has 4 aromatic rings. The summed E-state index contributed by atoms with van der Waals surface area (Å²) in [5, 5.41) is 3.98. The second-order valence-corrected chi connectivity index (χ2v) is 7.61. The van der Waals surface area contributed by atoms with Gasteiger partial charge in [0.25, 0.3) is 5.91 Å². The number of thiazole rings is 1. The van der Waals surface area contributed by atoms with Gasteiger partial charge < -0.3 is 5.32 Å². The van der Waals surface area contributed by atoms with Gasteiger partial charge in [0.1, 0.15) is 5.01 Å². The Bertz CT molecular complexity index is 1040. The predicted molar refractivity (Wildman–Crippen MR) is 117 cm³/mol. The lowest BCUT2D eigenvalue weighted by atomic mass is 10.1. The molecule has 0 spiro atoms. The summed E-state index contributed by atoms with van der Waals surface area (Å²) >= 11 is 3.96. The topological polar surface area (TPSA) is 42.0 Å². The first-order valence-corrected chi connectivity index (χ1v) is 10.5. The van der Waals surface area contributed by atoms with Gasteiger partial charge in [0, 0.05) is 15.6 Å². The van der Waals surface area contributed by atoms with Crippen molar-refractivity contribution in [1.82, 2.24) is 4.98 Å². The Labute approximate surface area is 169 Å². The van der Waals surface area contributed by atoms with E-state index in [-0.39, 0.29) is 5.91 Å². The SMILES string of the molecule is O=C(Nc1cc(CI)ccc1-c1nc2ccccc2s1)c1ccccc1. The molecule has 0 radical (unpaired) electrons. The first-order valence-electron chi connectivity index (χ1n) is 8.16. The molecule has 1 N–H and O–H groups in total. The Kier molecular flexibility index (Phi) is 4.99. The van der Waals surface area contributed by atoms with Gasteiger partial charge >= 0.3 is 0 Å². The highest BCUT2D eigenvalue weighted by Gasteiger charge is 2.14. The van der Waals surface area contributed by atoms with E-state index in [0.29, 0.717) is 5.56 Å². The van der Waals surface area contributed by atoms with Gasteiger partial charge in [0.2, 0.25) is 0 Å². The lowest BCUT2D eigenvalue weighted by molar-refractivity contribution is 0.102. The zero-order chi connectivity index (χ0) is 17.9. The molecule has 1 aromatic heterocycles. The van der Waals surface area contributed by atoms with Crippen LogP contribution in [-0.4, -0.2) is 10.9 Å². The largest absolute Gasteiger partial charge is 0.321 e. The summed E-state index contributed by atoms with van der Waals surface area (Å²) in [5.41, 5.74) is 4.53. The normalized spacial score (nSPS) is 10.8. The van der Waals surface area contributed by atoms with Gasteiger partial charge in [-0.15, -0.1) is 11.3 Å². The Balaban J connectivity index is 1.76. The van der Waals surface area contributed by atoms with Crippen LogP contribution in [0.4, 0.5) is 5.69 Å². The van der Waals surface area contributed by atoms with Crippen molar-refractivity contribution < 1.29 is 4.79 Å². The zero-order valence-corrected chi connectivity index (χ0v) is 16.8. The smallest absolute Gasteiger partial charge is 0.255 e. The molecule has 1 heterocycles. The first-order chi connectivity index (χ1) is 12.7. The van der Waals surface area contributed by atoms with Crippen molar-refractivity contribution in [2.24, 2.45) is 0 Å². The standard InChI is InChI=1S/C21H15IN2OS/c22-13-14-10-11-16(21-24-17-8-4-5-9-19(17)26-21)18(12-14)23-20(25)15-6-2-1-3-7-15/h1-12H,13H2,(H,23,25). The van der Waals surface area contributed by atoms with E-state index in [9.17, 15) is 4.79 Å². The third kappa shape index (κ3) is 3.50. The number of hydrogen-bond acceptors (Lipinski definition) is 3. The molecule has 128 valence electrons. The van der Waals surface area contributed by atoms with Gasteiger partial charge in [-0.2, -0.15) is 0 Å². The van der Waals surface area contributed by atoms with Crippen molar-refractivity contribution in [2.75, 3.05) is 5.32 Å². The Morgan fingerprint density at radius 3 is 2.54 bits per heavy atom. The molecule has 0 saturated heterocycles. The summed E-state index contributed by atoms with van der Waals surface area (Å²) in [5.74, 6) is -0.112. The average Bonchev–Trinajstić information content (AvgIpc) is 3.12. The molecule has 0 aliphatic heterocycles. The van der Waals surface area contributed by atoms with Crippen LogP contribution in [0.3, 0.4) is 0 Å². The molecule has 0 unspecified atom stereocenters. The van der Waals surface area contributed by atoms with Crippen LogP contribution in [0.2, 0.25) is 0 Å². The number of fused-ring (bicyclic) bond motifs is 1. The molecule has 1 amide bonds. The molecule has 0 atom stereocenters. The van der Waals surface area contributed by atoms with Crippen LogP contribution >= 0.6 is 33.9 Å². The number of carbonyl (C=O) groups is 1. The molecule has 26 heavy (non-hydrogen) atoms. The van der Waals surface area contributed by atoms with Crippen LogP contribution < -0.4 is 5.32 Å². The number of nitrogens with one attached hydrogen (secondary N) is 1. The summed E-state index contributed by atoms with van der Waals surface area (Å²) in [6.07, 6.45) is 0. The van der Waals surface area contributed by atoms with E-state index in [1.807, 2.05) is 60.7 Å². The van der Waals surface area contributed by atoms with Gasteiger partial charge in [0.05, 0.1) is 15.9 Å². The summed E-state index contributed by atoms with van der Waals surface area (Å²) in [6.45, 7) is 0. The van der Waals surface area contributed by atoms with Crippen LogP contribution in [0, 0.1) is 0 Å². The van der Waals surface area contributed by atoms with Crippen molar-refractivity contribution in [1.29, 1.82) is 0 Å². The summed E-state index contributed by atoms with van der Waals surface area (Å²) in [7, 11) is 0. The fourth-order valence-corrected chi connectivity index (χ4v) is 4.22. The van der Waals surface area contributed by atoms with Crippen molar-refractivity contribution in [2.45, 2.75) is 4.43 Å². The highest BCUT2D eigenvalue weighted by atomic mass is 127. The Hall–Kier alpha value is -2.25. The number of carbonyl (C=O) groups excluding carboxylic acids is 1. The van der Waals surface area contributed by atoms with E-state index >= 15 is 0 Å². The fraction of sp³-hybridized carbons (Fsp3) is 0.0476. The zero-order valence-electron chi connectivity index (χ0n) is 13.8. The minimum atomic E-state index is -0.112. The van der Waals surface area contributed by atoms with Crippen LogP contribution in [-0.2, 0) is 4.43 Å². The van der Waals surface area contributed by atoms with Gasteiger partial charge in [-0.25, -0.2) is 4.98 Å². The van der Waals surface area contributed by atoms with Crippen molar-refractivity contribution in [3.8, 4) is 10.6 Å². The molecule has 5 heteroatoms. The van der Waals surface area contributed by atoms with Gasteiger partial charge in [-0.1, -0.05) is 59.0 Å². The van der Waals surface area contributed by atoms with E-state index in [4.69, 9.17) is 4.98 Å². The Morgan fingerprint density at radius 1 is 1.00 bits per heavy atom. The number of aromatic nitrogens is 1. The molecule has 0 saturated carbocycles. The molecular formula is C21H15IN2OS. The third-order valence-corrected chi connectivity index (χ3v) is 6.00. The molecule has 3 nitrogen and oxygen atoms in total. The van der Waals surface area contributed by atoms with Crippen LogP contribution in [0.5, 0.6) is 0 Å². The van der Waals surface area contributed by atoms with E-state index in [1.165, 1.54) is 5.56 Å². The Morgan fingerprint density at radius 2 is 1.77 bits per heavy atom. The number of nitrogens with zero attached hydrogens (tertiary/aromatic N) is 1. The van der Waals surface area contributed by atoms with Crippen LogP contribution in [0.15, 0.2) is 72.8 Å². The van der Waals surface area contributed by atoms with Gasteiger partial charge in [-0.05, 0) is 42.0 Å². The lowest BCUT2D eigenvalue weighted by Crippen LogP contribution is -2.12. The lowest BCUT2D eigenvalue weighted by Gasteiger charge is -2.11. The van der Waals surface area contributed by atoms with Gasteiger partial charge in [0.15, 0.2) is 0 Å². The van der Waals surface area contributed by atoms with Crippen LogP contribution in [0.25, 0.3) is 20.8 Å². The molecule has 4 rings (SSSR count). The predicted octanol–water partition coefficient (Wildman–Crippen LogP) is 6.15. The second kappa shape index (κ2) is 7.55. The molecule has 3 aromatic carbocycles. The second-order valence-electron chi connectivity index (χ2n) is 5.82. The van der Waals surface area contributed by atoms with Crippen molar-refractivity contribution in [3.63, 3.8) is 0 Å². The number of amides is 1. The monoisotopic (exact) mass is 470 g/mol. The number of hydrogen-bond donors (Lipinski definition) is 1. The molecular weight excluding hydrogens is 455 g/mol. The quantitative estimate of drug-likeness (QED) is 0.287. The summed E-state index contributed by atoms with van der Waals surface area (Å²) in [4.78, 5) is 17.4. The minimum absolute atomic E-state index is 0.112. The first kappa shape index (κ1) is 17.2. The summed E-state index contributed by atoms with van der Waals surface area (Å²) in [6, 6.07) is 23.5. The minimum Gasteiger partial charge on any atom is -0.321 e. The maximum atomic E-state index is 12.6. The van der Waals surface area contributed by atoms with E-state index in [1.54, 1.807) is 11.3 Å². The van der Waals surface area contributed by atoms with Gasteiger partial charge in [-0.3, -0.25) is 4.79 Å². The van der Waals surface area contributed by atoms with E-state index < -0.39 is 0 Å². The van der Waals surface area contributed by atoms with E-state index in [0.717, 1.165) is 30.9 Å². The maximum Gasteiger partial charge on any atom is 0.255 e. The number of benzene rings is 3. The molecule has 0 aliphatic rings. The summed E-state index contributed by atoms with van der Waals surface area (Å²) < 4.78 is 2.02. The number of halogens is 1. The molecule has 0 fully saturated rings. The molecule has 0 bridgehead atoms. The number of alkyl halides is 1. The highest BCUT2D eigenvalue weighted by Crippen LogP contribution is 2.35. The average molecular weight is 470 g/mol. The maximum absolute atomic E-state index is 12.6. The number of para-hydroxylation sites is 1. The van der Waals surface area contributed by atoms with Crippen LogP contribution in [0.1, 0.15) is 15.9 Å². The number of rotatable bonds is 4. The highest BCUT2D eigenvalue weighted by molar-refractivity contribution is 14.1. The van der Waals surface area contributed by atoms with Crippen molar-refractivity contribution in [3.05, 3.63) is 83.9 Å².